The molecule has 1 aliphatic rings. The first-order valence-corrected chi connectivity index (χ1v) is 12.3. The molecule has 1 saturated heterocycles. The summed E-state index contributed by atoms with van der Waals surface area (Å²) in [4.78, 5) is 4.24. The van der Waals surface area contributed by atoms with Gasteiger partial charge in [0.15, 0.2) is 0 Å². The summed E-state index contributed by atoms with van der Waals surface area (Å²) >= 11 is 0. The van der Waals surface area contributed by atoms with Gasteiger partial charge in [0, 0.05) is 48.8 Å². The molecule has 0 aliphatic carbocycles. The smallest absolute Gasteiger partial charge is 0.276 e. The van der Waals surface area contributed by atoms with E-state index in [-0.39, 0.29) is 11.8 Å². The molecule has 0 spiro atoms. The molecule has 1 aliphatic heterocycles. The van der Waals surface area contributed by atoms with Crippen LogP contribution in [-0.4, -0.2) is 41.7 Å². The zero-order chi connectivity index (χ0) is 23.6. The topological polar surface area (TPSA) is 109 Å². The molecule has 1 aromatic heterocycles. The van der Waals surface area contributed by atoms with Crippen LogP contribution in [0.5, 0.6) is 0 Å². The molecule has 1 unspecified atom stereocenters. The second-order valence-corrected chi connectivity index (χ2v) is 10.1. The van der Waals surface area contributed by atoms with Gasteiger partial charge in [-0.05, 0) is 48.2 Å². The second kappa shape index (κ2) is 9.43. The first-order chi connectivity index (χ1) is 15.8. The lowest BCUT2D eigenvalue weighted by Gasteiger charge is -2.37. The quantitative estimate of drug-likeness (QED) is 0.316. The van der Waals surface area contributed by atoms with Crippen molar-refractivity contribution in [3.05, 3.63) is 100 Å². The van der Waals surface area contributed by atoms with E-state index in [4.69, 9.17) is 5.14 Å². The standard InChI is InChI=1S/C25H28N4O3S/c1-17-5-3-4-6-23(17)24(14-25(28-30)21-11-12-27-18(2)13-21)20-9-7-19(8-10-20)22-15-29(16-22)33(26,31)32/h3-13,22,24,30H,14-16H2,1-2H3,(H2,26,31,32). The highest BCUT2D eigenvalue weighted by Crippen LogP contribution is 2.34. The van der Waals surface area contributed by atoms with Crippen LogP contribution in [0.2, 0.25) is 0 Å². The third-order valence-corrected chi connectivity index (χ3v) is 7.35. The van der Waals surface area contributed by atoms with E-state index in [1.54, 1.807) is 6.20 Å². The van der Waals surface area contributed by atoms with E-state index in [9.17, 15) is 13.6 Å². The van der Waals surface area contributed by atoms with Crippen molar-refractivity contribution >= 4 is 15.9 Å². The Kier molecular flexibility index (Phi) is 6.60. The van der Waals surface area contributed by atoms with Crippen LogP contribution in [0.3, 0.4) is 0 Å². The Hall–Kier alpha value is -3.07. The lowest BCUT2D eigenvalue weighted by Crippen LogP contribution is -2.51. The number of nitrogens with two attached hydrogens (primary N) is 1. The van der Waals surface area contributed by atoms with Crippen molar-refractivity contribution in [1.82, 2.24) is 9.29 Å². The summed E-state index contributed by atoms with van der Waals surface area (Å²) in [5, 5.41) is 18.7. The molecule has 7 nitrogen and oxygen atoms in total. The van der Waals surface area contributed by atoms with Crippen molar-refractivity contribution in [3.8, 4) is 0 Å². The minimum absolute atomic E-state index is 0.0121. The average molecular weight is 465 g/mol. The maximum atomic E-state index is 11.5. The molecule has 0 saturated carbocycles. The van der Waals surface area contributed by atoms with Crippen LogP contribution in [0.15, 0.2) is 72.0 Å². The van der Waals surface area contributed by atoms with Crippen molar-refractivity contribution in [2.75, 3.05) is 13.1 Å². The monoisotopic (exact) mass is 464 g/mol. The number of rotatable bonds is 7. The summed E-state index contributed by atoms with van der Waals surface area (Å²) in [5.41, 5.74) is 6.82. The van der Waals surface area contributed by atoms with Crippen molar-refractivity contribution in [3.63, 3.8) is 0 Å². The Balaban J connectivity index is 1.63. The molecule has 0 radical (unpaired) electrons. The Labute approximate surface area is 194 Å². The lowest BCUT2D eigenvalue weighted by atomic mass is 9.82. The second-order valence-electron chi connectivity index (χ2n) is 8.57. The zero-order valence-corrected chi connectivity index (χ0v) is 19.5. The van der Waals surface area contributed by atoms with Crippen LogP contribution < -0.4 is 5.14 Å². The summed E-state index contributed by atoms with van der Waals surface area (Å²) in [6.07, 6.45) is 2.24. The van der Waals surface area contributed by atoms with Crippen LogP contribution in [-0.2, 0) is 10.2 Å². The number of aromatic nitrogens is 1. The molecule has 0 bridgehead atoms. The van der Waals surface area contributed by atoms with Crippen LogP contribution in [0.4, 0.5) is 0 Å². The Morgan fingerprint density at radius 3 is 2.45 bits per heavy atom. The first-order valence-electron chi connectivity index (χ1n) is 10.8. The Bertz CT molecular complexity index is 1270. The van der Waals surface area contributed by atoms with E-state index in [0.29, 0.717) is 25.2 Å². The number of oxime groups is 1. The molecule has 33 heavy (non-hydrogen) atoms. The van der Waals surface area contributed by atoms with Crippen molar-refractivity contribution in [2.24, 2.45) is 10.3 Å². The van der Waals surface area contributed by atoms with Gasteiger partial charge in [-0.25, -0.2) is 5.14 Å². The van der Waals surface area contributed by atoms with Gasteiger partial charge in [0.2, 0.25) is 0 Å². The van der Waals surface area contributed by atoms with Gasteiger partial charge >= 0.3 is 0 Å². The fourth-order valence-corrected chi connectivity index (χ4v) is 5.15. The van der Waals surface area contributed by atoms with Gasteiger partial charge in [-0.15, -0.1) is 0 Å². The van der Waals surface area contributed by atoms with E-state index >= 15 is 0 Å². The Morgan fingerprint density at radius 2 is 1.85 bits per heavy atom. The molecule has 2 aromatic carbocycles. The van der Waals surface area contributed by atoms with Crippen molar-refractivity contribution < 1.29 is 13.6 Å². The van der Waals surface area contributed by atoms with Crippen molar-refractivity contribution in [2.45, 2.75) is 32.1 Å². The maximum absolute atomic E-state index is 11.5. The van der Waals surface area contributed by atoms with E-state index in [1.165, 1.54) is 9.87 Å². The number of aryl methyl sites for hydroxylation is 2. The van der Waals surface area contributed by atoms with Crippen LogP contribution in [0.1, 0.15) is 51.8 Å². The number of nitrogens with zero attached hydrogens (tertiary/aromatic N) is 3. The molecular weight excluding hydrogens is 436 g/mol. The highest BCUT2D eigenvalue weighted by molar-refractivity contribution is 7.86. The fourth-order valence-electron chi connectivity index (χ4n) is 4.38. The largest absolute Gasteiger partial charge is 0.411 e. The minimum atomic E-state index is -3.62. The average Bonchev–Trinajstić information content (AvgIpc) is 2.74. The third-order valence-electron chi connectivity index (χ3n) is 6.33. The molecule has 1 fully saturated rings. The van der Waals surface area contributed by atoms with E-state index in [0.717, 1.165) is 27.9 Å². The highest BCUT2D eigenvalue weighted by Gasteiger charge is 2.34. The number of benzene rings is 2. The molecule has 4 rings (SSSR count). The molecule has 1 atom stereocenters. The van der Waals surface area contributed by atoms with Crippen LogP contribution in [0, 0.1) is 13.8 Å². The first kappa shape index (κ1) is 23.1. The summed E-state index contributed by atoms with van der Waals surface area (Å²) in [7, 11) is -3.62. The van der Waals surface area contributed by atoms with E-state index < -0.39 is 10.2 Å². The zero-order valence-electron chi connectivity index (χ0n) is 18.7. The van der Waals surface area contributed by atoms with Gasteiger partial charge in [-0.2, -0.15) is 12.7 Å². The minimum Gasteiger partial charge on any atom is -0.411 e. The number of hydrogen-bond donors (Lipinski definition) is 2. The van der Waals surface area contributed by atoms with Crippen LogP contribution in [0.25, 0.3) is 0 Å². The van der Waals surface area contributed by atoms with Gasteiger partial charge in [0.1, 0.15) is 0 Å². The molecule has 3 N–H and O–H groups in total. The van der Waals surface area contributed by atoms with E-state index in [2.05, 4.69) is 53.5 Å². The van der Waals surface area contributed by atoms with Gasteiger partial charge in [0.25, 0.3) is 10.2 Å². The summed E-state index contributed by atoms with van der Waals surface area (Å²) in [6, 6.07) is 20.3. The molecular formula is C25H28N4O3S. The fraction of sp³-hybridized carbons (Fsp3) is 0.280. The summed E-state index contributed by atoms with van der Waals surface area (Å²) < 4.78 is 24.2. The van der Waals surface area contributed by atoms with Gasteiger partial charge < -0.3 is 5.21 Å². The molecule has 8 heteroatoms. The number of hydrogen-bond acceptors (Lipinski definition) is 5. The molecule has 2 heterocycles. The van der Waals surface area contributed by atoms with Crippen molar-refractivity contribution in [1.29, 1.82) is 0 Å². The lowest BCUT2D eigenvalue weighted by molar-refractivity contribution is 0.264. The van der Waals surface area contributed by atoms with Crippen LogP contribution >= 0.6 is 0 Å². The normalized spacial score (nSPS) is 16.4. The predicted molar refractivity (Wildman–Crippen MR) is 129 cm³/mol. The number of pyridine rings is 1. The SMILES string of the molecule is Cc1cc(C(CC(c2ccc(C3CN(S(N)(=O)=O)C3)cc2)c2ccccc2C)=NO)ccn1. The maximum Gasteiger partial charge on any atom is 0.276 e. The predicted octanol–water partition coefficient (Wildman–Crippen LogP) is 3.70. The molecule has 3 aromatic rings. The molecule has 0 amide bonds. The highest BCUT2D eigenvalue weighted by atomic mass is 32.2. The summed E-state index contributed by atoms with van der Waals surface area (Å²) in [6.45, 7) is 4.80. The molecule has 172 valence electrons. The summed E-state index contributed by atoms with van der Waals surface area (Å²) in [5.74, 6) is 0.130. The van der Waals surface area contributed by atoms with Gasteiger partial charge in [-0.1, -0.05) is 53.7 Å². The van der Waals surface area contributed by atoms with Gasteiger partial charge in [0.05, 0.1) is 5.71 Å². The van der Waals surface area contributed by atoms with Gasteiger partial charge in [-0.3, -0.25) is 4.98 Å². The third kappa shape index (κ3) is 5.13. The Morgan fingerprint density at radius 1 is 1.15 bits per heavy atom. The van der Waals surface area contributed by atoms with E-state index in [1.807, 2.05) is 31.2 Å².